The Bertz CT molecular complexity index is 524. The summed E-state index contributed by atoms with van der Waals surface area (Å²) in [6.07, 6.45) is 0. The molecule has 1 saturated heterocycles. The molecule has 6 nitrogen and oxygen atoms in total. The molecule has 0 aliphatic carbocycles. The first kappa shape index (κ1) is 20.7. The molecule has 118 valence electrons. The second kappa shape index (κ2) is 10.4. The van der Waals surface area contributed by atoms with Gasteiger partial charge in [0.05, 0.1) is 25.4 Å². The molecule has 0 spiro atoms. The van der Waals surface area contributed by atoms with Crippen molar-refractivity contribution in [3.63, 3.8) is 0 Å². The van der Waals surface area contributed by atoms with Crippen LogP contribution in [0.25, 0.3) is 5.53 Å². The Kier molecular flexibility index (Phi) is 9.83. The maximum absolute atomic E-state index is 8.85. The van der Waals surface area contributed by atoms with Gasteiger partial charge in [-0.25, -0.2) is 0 Å². The zero-order chi connectivity index (χ0) is 14.4. The summed E-state index contributed by atoms with van der Waals surface area (Å²) in [5, 5.41) is 0. The van der Waals surface area contributed by atoms with Crippen molar-refractivity contribution in [1.82, 2.24) is 0 Å². The standard InChI is InChI=1S/C14H19N3O3.ClH.Zn/c1-3-18-11-5-6-13(19-4-2)12(9-11)17-7-8-20-14(10-17)16-15;;/h5-6,9H,3-4,7-8,10H2,1-2H3;1H;. The first-order valence-electron chi connectivity index (χ1n) is 6.76. The third-order valence-electron chi connectivity index (χ3n) is 2.95. The predicted octanol–water partition coefficient (Wildman–Crippen LogP) is 2.37. The summed E-state index contributed by atoms with van der Waals surface area (Å²) in [5.74, 6) is 1.88. The number of nitrogens with zero attached hydrogens (tertiary/aromatic N) is 3. The van der Waals surface area contributed by atoms with Crippen LogP contribution < -0.4 is 14.4 Å². The zero-order valence-corrected chi connectivity index (χ0v) is 16.7. The molecule has 0 aromatic heterocycles. The van der Waals surface area contributed by atoms with Gasteiger partial charge in [0.25, 0.3) is 0 Å². The number of ether oxygens (including phenoxy) is 3. The van der Waals surface area contributed by atoms with Crippen LogP contribution in [0.2, 0.25) is 0 Å². The molecule has 8 heteroatoms. The fourth-order valence-corrected chi connectivity index (χ4v) is 2.11. The van der Waals surface area contributed by atoms with Crippen molar-refractivity contribution >= 4 is 24.0 Å². The van der Waals surface area contributed by atoms with E-state index in [0.717, 1.165) is 17.2 Å². The fraction of sp³-hybridized carbons (Fsp3) is 0.500. The molecule has 0 N–H and O–H groups in total. The normalized spacial score (nSPS) is 13.2. The van der Waals surface area contributed by atoms with Crippen LogP contribution in [0.15, 0.2) is 18.2 Å². The zero-order valence-electron chi connectivity index (χ0n) is 12.9. The summed E-state index contributed by atoms with van der Waals surface area (Å²) in [7, 11) is 0. The number of benzene rings is 1. The minimum Gasteiger partial charge on any atom is -0.494 e. The molecule has 0 radical (unpaired) electrons. The van der Waals surface area contributed by atoms with E-state index in [1.807, 2.05) is 36.9 Å². The van der Waals surface area contributed by atoms with E-state index in [0.29, 0.717) is 38.8 Å². The molecule has 1 heterocycles. The molecule has 0 atom stereocenters. The summed E-state index contributed by atoms with van der Waals surface area (Å²) >= 11 is 0. The van der Waals surface area contributed by atoms with E-state index in [-0.39, 0.29) is 31.9 Å². The molecule has 1 aliphatic heterocycles. The summed E-state index contributed by atoms with van der Waals surface area (Å²) in [4.78, 5) is 5.19. The summed E-state index contributed by atoms with van der Waals surface area (Å²) in [6.45, 7) is 6.68. The Morgan fingerprint density at radius 2 is 2.00 bits per heavy atom. The van der Waals surface area contributed by atoms with Crippen molar-refractivity contribution in [2.75, 3.05) is 37.8 Å². The number of morpholine rings is 1. The molecule has 2 rings (SSSR count). The Labute approximate surface area is 149 Å². The van der Waals surface area contributed by atoms with Gasteiger partial charge < -0.3 is 24.6 Å². The third kappa shape index (κ3) is 5.17. The predicted molar refractivity (Wildman–Crippen MR) is 82.8 cm³/mol. The molecular formula is C14H20ClN3O3Zn. The summed E-state index contributed by atoms with van der Waals surface area (Å²) in [6, 6.07) is 5.73. The van der Waals surface area contributed by atoms with E-state index >= 15 is 0 Å². The number of rotatable bonds is 5. The third-order valence-corrected chi connectivity index (χ3v) is 2.95. The molecule has 1 aromatic rings. The van der Waals surface area contributed by atoms with E-state index in [1.54, 1.807) is 0 Å². The van der Waals surface area contributed by atoms with Crippen molar-refractivity contribution in [1.29, 1.82) is 0 Å². The van der Waals surface area contributed by atoms with Crippen LogP contribution in [-0.2, 0) is 24.2 Å². The van der Waals surface area contributed by atoms with Gasteiger partial charge in [-0.15, -0.1) is 17.2 Å². The molecule has 0 unspecified atom stereocenters. The van der Waals surface area contributed by atoms with E-state index in [1.165, 1.54) is 0 Å². The van der Waals surface area contributed by atoms with Crippen LogP contribution in [0, 0.1) is 0 Å². The van der Waals surface area contributed by atoms with E-state index in [4.69, 9.17) is 19.7 Å². The fourth-order valence-electron chi connectivity index (χ4n) is 2.11. The van der Waals surface area contributed by atoms with Crippen molar-refractivity contribution in [3.05, 3.63) is 23.7 Å². The van der Waals surface area contributed by atoms with Gasteiger partial charge in [0, 0.05) is 25.5 Å². The van der Waals surface area contributed by atoms with Gasteiger partial charge >= 0.3 is 5.90 Å². The van der Waals surface area contributed by atoms with Crippen molar-refractivity contribution in [2.45, 2.75) is 13.8 Å². The van der Waals surface area contributed by atoms with Crippen LogP contribution in [0.3, 0.4) is 0 Å². The van der Waals surface area contributed by atoms with Crippen LogP contribution >= 0.6 is 12.4 Å². The van der Waals surface area contributed by atoms with Crippen LogP contribution in [0.5, 0.6) is 11.5 Å². The van der Waals surface area contributed by atoms with E-state index in [2.05, 4.69) is 4.79 Å². The largest absolute Gasteiger partial charge is 0.494 e. The average molecular weight is 379 g/mol. The van der Waals surface area contributed by atoms with Crippen LogP contribution in [-0.4, -0.2) is 43.6 Å². The molecule has 0 saturated carbocycles. The summed E-state index contributed by atoms with van der Waals surface area (Å²) in [5.41, 5.74) is 9.77. The Hall–Kier alpha value is -1.29. The van der Waals surface area contributed by atoms with E-state index in [9.17, 15) is 0 Å². The SMILES string of the molecule is CCOc1ccc(OCC)c(N2CCOC(=[N+]=[N-])C2)c1.Cl.[Zn]. The smallest absolute Gasteiger partial charge is 0.469 e. The number of halogens is 1. The Morgan fingerprint density at radius 3 is 2.64 bits per heavy atom. The monoisotopic (exact) mass is 377 g/mol. The summed E-state index contributed by atoms with van der Waals surface area (Å²) < 4.78 is 16.4. The molecule has 1 fully saturated rings. The first-order valence-corrected chi connectivity index (χ1v) is 6.76. The van der Waals surface area contributed by atoms with Gasteiger partial charge in [0.1, 0.15) is 18.1 Å². The van der Waals surface area contributed by atoms with Crippen molar-refractivity contribution in [3.8, 4) is 11.5 Å². The number of hydrogen-bond donors (Lipinski definition) is 0. The molecule has 0 bridgehead atoms. The maximum atomic E-state index is 8.85. The van der Waals surface area contributed by atoms with Gasteiger partial charge in [0.15, 0.2) is 6.54 Å². The van der Waals surface area contributed by atoms with Gasteiger partial charge in [-0.1, -0.05) is 0 Å². The van der Waals surface area contributed by atoms with Gasteiger partial charge in [-0.2, -0.15) is 0 Å². The second-order valence-corrected chi connectivity index (χ2v) is 4.26. The minimum absolute atomic E-state index is 0. The van der Waals surface area contributed by atoms with Crippen molar-refractivity contribution < 1.29 is 38.5 Å². The van der Waals surface area contributed by atoms with Crippen LogP contribution in [0.4, 0.5) is 5.69 Å². The molecule has 1 aromatic carbocycles. The minimum atomic E-state index is 0. The average Bonchev–Trinajstić information content (AvgIpc) is 2.49. The molecular weight excluding hydrogens is 359 g/mol. The number of hydrogen-bond acceptors (Lipinski definition) is 4. The van der Waals surface area contributed by atoms with Crippen LogP contribution in [0.1, 0.15) is 13.8 Å². The molecule has 1 aliphatic rings. The van der Waals surface area contributed by atoms with Gasteiger partial charge in [0.2, 0.25) is 0 Å². The Balaban J connectivity index is 0.00000220. The molecule has 22 heavy (non-hydrogen) atoms. The number of anilines is 1. The second-order valence-electron chi connectivity index (χ2n) is 4.26. The van der Waals surface area contributed by atoms with Gasteiger partial charge in [-0.05, 0) is 26.0 Å². The van der Waals surface area contributed by atoms with Crippen molar-refractivity contribution in [2.24, 2.45) is 0 Å². The quantitative estimate of drug-likeness (QED) is 0.448. The first-order chi connectivity index (χ1) is 9.78. The topological polar surface area (TPSA) is 67.3 Å². The van der Waals surface area contributed by atoms with E-state index < -0.39 is 0 Å². The Morgan fingerprint density at radius 1 is 1.27 bits per heavy atom. The maximum Gasteiger partial charge on any atom is 0.469 e. The molecule has 0 amide bonds. The van der Waals surface area contributed by atoms with Gasteiger partial charge in [-0.3, -0.25) is 0 Å².